The third kappa shape index (κ3) is 3.76. The number of carboxylic acid groups (broad SMARTS) is 1. The third-order valence-electron chi connectivity index (χ3n) is 2.98. The number of amides is 2. The van der Waals surface area contributed by atoms with Crippen LogP contribution in [-0.2, 0) is 4.79 Å². The van der Waals surface area contributed by atoms with E-state index in [0.29, 0.717) is 25.9 Å². The van der Waals surface area contributed by atoms with Gasteiger partial charge in [-0.3, -0.25) is 0 Å². The van der Waals surface area contributed by atoms with E-state index in [1.807, 2.05) is 6.92 Å². The van der Waals surface area contributed by atoms with Crippen molar-refractivity contribution >= 4 is 12.0 Å². The highest BCUT2D eigenvalue weighted by Gasteiger charge is 2.37. The number of hydrogen-bond donors (Lipinski definition) is 2. The summed E-state index contributed by atoms with van der Waals surface area (Å²) in [7, 11) is 0. The van der Waals surface area contributed by atoms with Crippen LogP contribution in [0.1, 0.15) is 33.6 Å². The molecule has 0 unspecified atom stereocenters. The van der Waals surface area contributed by atoms with Crippen LogP contribution in [0.15, 0.2) is 12.7 Å². The summed E-state index contributed by atoms with van der Waals surface area (Å²) in [5.74, 6) is -0.995. The summed E-state index contributed by atoms with van der Waals surface area (Å²) in [6.07, 6.45) is 2.33. The zero-order valence-corrected chi connectivity index (χ0v) is 10.8. The first-order chi connectivity index (χ1) is 7.97. The lowest BCUT2D eigenvalue weighted by Crippen LogP contribution is -2.57. The van der Waals surface area contributed by atoms with Crippen LogP contribution >= 0.6 is 0 Å². The summed E-state index contributed by atoms with van der Waals surface area (Å²) in [5, 5.41) is 11.8. The van der Waals surface area contributed by atoms with Crippen molar-refractivity contribution in [3.05, 3.63) is 12.7 Å². The van der Waals surface area contributed by atoms with Crippen LogP contribution in [-0.4, -0.2) is 40.6 Å². The van der Waals surface area contributed by atoms with E-state index in [1.54, 1.807) is 19.9 Å². The molecule has 98 valence electrons. The van der Waals surface area contributed by atoms with Gasteiger partial charge in [-0.25, -0.2) is 9.59 Å². The van der Waals surface area contributed by atoms with Crippen LogP contribution in [0.3, 0.4) is 0 Å². The molecule has 2 N–H and O–H groups in total. The maximum Gasteiger partial charge on any atom is 0.329 e. The predicted molar refractivity (Wildman–Crippen MR) is 66.9 cm³/mol. The van der Waals surface area contributed by atoms with Gasteiger partial charge in [-0.15, -0.1) is 6.58 Å². The average Bonchev–Trinajstić information content (AvgIpc) is 2.32. The number of likely N-dealkylation sites (N-methyl/N-ethyl adjacent to an activating group) is 1. The zero-order chi connectivity index (χ0) is 13.5. The molecular weight excluding hydrogens is 220 g/mol. The molecule has 0 saturated heterocycles. The zero-order valence-electron chi connectivity index (χ0n) is 10.8. The highest BCUT2D eigenvalue weighted by Crippen LogP contribution is 2.16. The minimum absolute atomic E-state index is 0.357. The molecule has 0 aromatic carbocycles. The average molecular weight is 242 g/mol. The van der Waals surface area contributed by atoms with Crippen molar-refractivity contribution in [3.8, 4) is 0 Å². The highest BCUT2D eigenvalue weighted by atomic mass is 16.4. The van der Waals surface area contributed by atoms with Gasteiger partial charge in [0.15, 0.2) is 0 Å². The summed E-state index contributed by atoms with van der Waals surface area (Å²) in [6, 6.07) is -0.362. The Balaban J connectivity index is 4.81. The summed E-state index contributed by atoms with van der Waals surface area (Å²) in [6.45, 7) is 9.83. The van der Waals surface area contributed by atoms with E-state index in [4.69, 9.17) is 0 Å². The SMILES string of the molecule is C=CCN(CC)C(=O)NC(CC)(CC)C(=O)O. The Labute approximate surface area is 102 Å². The second-order valence-electron chi connectivity index (χ2n) is 3.85. The summed E-state index contributed by atoms with van der Waals surface area (Å²) < 4.78 is 0. The van der Waals surface area contributed by atoms with Crippen LogP contribution in [0.2, 0.25) is 0 Å². The smallest absolute Gasteiger partial charge is 0.329 e. The maximum absolute atomic E-state index is 11.9. The molecule has 0 aliphatic carbocycles. The topological polar surface area (TPSA) is 69.6 Å². The second kappa shape index (κ2) is 6.93. The van der Waals surface area contributed by atoms with Gasteiger partial charge < -0.3 is 15.3 Å². The highest BCUT2D eigenvalue weighted by molar-refractivity contribution is 5.86. The van der Waals surface area contributed by atoms with E-state index >= 15 is 0 Å². The molecular formula is C12H22N2O3. The van der Waals surface area contributed by atoms with Gasteiger partial charge in [0.1, 0.15) is 5.54 Å². The Morgan fingerprint density at radius 1 is 1.35 bits per heavy atom. The van der Waals surface area contributed by atoms with Gasteiger partial charge in [-0.2, -0.15) is 0 Å². The molecule has 0 aromatic heterocycles. The first kappa shape index (κ1) is 15.5. The normalized spacial score (nSPS) is 10.8. The quantitative estimate of drug-likeness (QED) is 0.669. The Morgan fingerprint density at radius 3 is 2.18 bits per heavy atom. The van der Waals surface area contributed by atoms with E-state index < -0.39 is 11.5 Å². The fourth-order valence-corrected chi connectivity index (χ4v) is 1.58. The molecule has 5 nitrogen and oxygen atoms in total. The molecule has 0 aromatic rings. The van der Waals surface area contributed by atoms with Crippen molar-refractivity contribution in [2.45, 2.75) is 39.2 Å². The lowest BCUT2D eigenvalue weighted by Gasteiger charge is -2.31. The van der Waals surface area contributed by atoms with Crippen LogP contribution < -0.4 is 5.32 Å². The number of nitrogens with zero attached hydrogens (tertiary/aromatic N) is 1. The minimum Gasteiger partial charge on any atom is -0.480 e. The Morgan fingerprint density at radius 2 is 1.88 bits per heavy atom. The predicted octanol–water partition coefficient (Wildman–Crippen LogP) is 1.85. The molecule has 0 saturated carbocycles. The number of aliphatic carboxylic acids is 1. The minimum atomic E-state index is -1.17. The molecule has 5 heteroatoms. The van der Waals surface area contributed by atoms with Crippen LogP contribution in [0.4, 0.5) is 4.79 Å². The van der Waals surface area contributed by atoms with Crippen molar-refractivity contribution in [3.63, 3.8) is 0 Å². The first-order valence-electron chi connectivity index (χ1n) is 5.88. The molecule has 0 atom stereocenters. The molecule has 0 spiro atoms. The van der Waals surface area contributed by atoms with Gasteiger partial charge in [-0.1, -0.05) is 19.9 Å². The van der Waals surface area contributed by atoms with Gasteiger partial charge in [-0.05, 0) is 19.8 Å². The van der Waals surface area contributed by atoms with E-state index in [0.717, 1.165) is 0 Å². The van der Waals surface area contributed by atoms with Gasteiger partial charge in [0.05, 0.1) is 0 Å². The molecule has 0 bridgehead atoms. The summed E-state index contributed by atoms with van der Waals surface area (Å²) in [5.41, 5.74) is -1.17. The lowest BCUT2D eigenvalue weighted by atomic mass is 9.93. The number of nitrogens with one attached hydrogen (secondary N) is 1. The number of carboxylic acids is 1. The Kier molecular flexibility index (Phi) is 6.31. The molecule has 0 fully saturated rings. The number of urea groups is 1. The fraction of sp³-hybridized carbons (Fsp3) is 0.667. The fourth-order valence-electron chi connectivity index (χ4n) is 1.58. The number of carbonyl (C=O) groups excluding carboxylic acids is 1. The molecule has 0 radical (unpaired) electrons. The van der Waals surface area contributed by atoms with Crippen molar-refractivity contribution in [2.75, 3.05) is 13.1 Å². The number of rotatable bonds is 7. The third-order valence-corrected chi connectivity index (χ3v) is 2.98. The van der Waals surface area contributed by atoms with Gasteiger partial charge in [0.2, 0.25) is 0 Å². The standard InChI is InChI=1S/C12H22N2O3/c1-5-9-14(8-4)11(17)13-12(6-2,7-3)10(15)16/h5H,1,6-9H2,2-4H3,(H,13,17)(H,15,16). The molecule has 17 heavy (non-hydrogen) atoms. The van der Waals surface area contributed by atoms with Gasteiger partial charge in [0.25, 0.3) is 0 Å². The monoisotopic (exact) mass is 242 g/mol. The van der Waals surface area contributed by atoms with E-state index in [1.165, 1.54) is 4.90 Å². The van der Waals surface area contributed by atoms with Crippen molar-refractivity contribution in [1.82, 2.24) is 10.2 Å². The van der Waals surface area contributed by atoms with Crippen LogP contribution in [0, 0.1) is 0 Å². The molecule has 0 rings (SSSR count). The summed E-state index contributed by atoms with van der Waals surface area (Å²) in [4.78, 5) is 24.7. The number of hydrogen-bond acceptors (Lipinski definition) is 2. The largest absolute Gasteiger partial charge is 0.480 e. The first-order valence-corrected chi connectivity index (χ1v) is 5.88. The van der Waals surface area contributed by atoms with Crippen molar-refractivity contribution < 1.29 is 14.7 Å². The number of carbonyl (C=O) groups is 2. The van der Waals surface area contributed by atoms with Crippen LogP contribution in [0.25, 0.3) is 0 Å². The van der Waals surface area contributed by atoms with E-state index in [-0.39, 0.29) is 6.03 Å². The molecule has 0 aliphatic rings. The molecule has 0 heterocycles. The van der Waals surface area contributed by atoms with Gasteiger partial charge >= 0.3 is 12.0 Å². The lowest BCUT2D eigenvalue weighted by molar-refractivity contribution is -0.144. The van der Waals surface area contributed by atoms with Crippen molar-refractivity contribution in [1.29, 1.82) is 0 Å². The van der Waals surface area contributed by atoms with Crippen molar-refractivity contribution in [2.24, 2.45) is 0 Å². The molecule has 0 aliphatic heterocycles. The van der Waals surface area contributed by atoms with E-state index in [2.05, 4.69) is 11.9 Å². The second-order valence-corrected chi connectivity index (χ2v) is 3.85. The Hall–Kier alpha value is -1.52. The molecule has 2 amide bonds. The van der Waals surface area contributed by atoms with E-state index in [9.17, 15) is 14.7 Å². The summed E-state index contributed by atoms with van der Waals surface area (Å²) >= 11 is 0. The maximum atomic E-state index is 11.9. The Bertz CT molecular complexity index is 285. The van der Waals surface area contributed by atoms with Gasteiger partial charge in [0, 0.05) is 13.1 Å². The van der Waals surface area contributed by atoms with Crippen LogP contribution in [0.5, 0.6) is 0 Å².